The average Bonchev–Trinajstić information content (AvgIpc) is 3.29. The van der Waals surface area contributed by atoms with E-state index in [-0.39, 0.29) is 40.0 Å². The number of esters is 1. The topological polar surface area (TPSA) is 96.0 Å². The Bertz CT molecular complexity index is 1210. The van der Waals surface area contributed by atoms with Crippen molar-refractivity contribution in [3.63, 3.8) is 0 Å². The largest absolute Gasteiger partial charge is 0.460 e. The molecule has 4 rings (SSSR count). The van der Waals surface area contributed by atoms with Gasteiger partial charge >= 0.3 is 5.97 Å². The number of carbonyl (C=O) groups is 2. The van der Waals surface area contributed by atoms with Crippen LogP contribution in [0.5, 0.6) is 0 Å². The Morgan fingerprint density at radius 2 is 1.77 bits per heavy atom. The third-order valence-electron chi connectivity index (χ3n) is 10.7. The van der Waals surface area contributed by atoms with Gasteiger partial charge in [0, 0.05) is 29.8 Å². The molecule has 8 heteroatoms. The first-order chi connectivity index (χ1) is 18.2. The second-order valence-electron chi connectivity index (χ2n) is 12.7. The zero-order chi connectivity index (χ0) is 28.8. The van der Waals surface area contributed by atoms with Crippen LogP contribution in [0.3, 0.4) is 0 Å². The van der Waals surface area contributed by atoms with Gasteiger partial charge in [-0.25, -0.2) is 4.79 Å². The Balaban J connectivity index is 1.69. The van der Waals surface area contributed by atoms with Gasteiger partial charge in [-0.1, -0.05) is 51.5 Å². The highest BCUT2D eigenvalue weighted by molar-refractivity contribution is 7.86. The zero-order valence-electron chi connectivity index (χ0n) is 24.2. The summed E-state index contributed by atoms with van der Waals surface area (Å²) in [5.74, 6) is -0.496. The number of benzene rings is 1. The van der Waals surface area contributed by atoms with E-state index in [1.54, 1.807) is 25.3 Å². The van der Waals surface area contributed by atoms with Gasteiger partial charge in [0.15, 0.2) is 6.61 Å². The number of methoxy groups -OCH3 is 1. The van der Waals surface area contributed by atoms with Gasteiger partial charge in [0.2, 0.25) is 0 Å². The standard InChI is InChI=1S/C31H44O7S/c1-8-15-29(5)18-25(38-26(32)19-37-39(34,35)23-11-9-20(2)10-12-23)30(6)21(3)13-16-31(22(4)28(29)33)17-14-24(36-7)27(30)31/h8-12,21-22,24-25,27H,1,13-19H2,2-7H3/t21-,22-,24+,25+,27+,29+,30-,31-/m0/s1. The third-order valence-corrected chi connectivity index (χ3v) is 11.9. The Kier molecular flexibility index (Phi) is 8.25. The normalized spacial score (nSPS) is 38.4. The number of ketones is 1. The average molecular weight is 561 g/mol. The van der Waals surface area contributed by atoms with Crippen molar-refractivity contribution >= 4 is 21.9 Å². The molecule has 0 amide bonds. The number of hydrogen-bond acceptors (Lipinski definition) is 7. The molecule has 8 atom stereocenters. The molecule has 7 nitrogen and oxygen atoms in total. The minimum absolute atomic E-state index is 0.0171. The van der Waals surface area contributed by atoms with Crippen LogP contribution in [0.1, 0.15) is 71.8 Å². The first-order valence-corrected chi connectivity index (χ1v) is 15.5. The smallest absolute Gasteiger partial charge is 0.333 e. The van der Waals surface area contributed by atoms with E-state index in [0.717, 1.165) is 31.2 Å². The summed E-state index contributed by atoms with van der Waals surface area (Å²) in [5, 5.41) is 0. The Morgan fingerprint density at radius 3 is 2.38 bits per heavy atom. The molecule has 0 aromatic heterocycles. The van der Waals surface area contributed by atoms with Crippen LogP contribution in [-0.4, -0.2) is 46.1 Å². The number of carbonyl (C=O) groups excluding carboxylic acids is 2. The van der Waals surface area contributed by atoms with Gasteiger partial charge in [-0.2, -0.15) is 8.42 Å². The van der Waals surface area contributed by atoms with Crippen molar-refractivity contribution in [1.82, 2.24) is 0 Å². The first-order valence-electron chi connectivity index (χ1n) is 14.1. The SMILES string of the molecule is C=CC[C@]1(C)C[C@@H](OC(=O)COS(=O)(=O)c2ccc(C)cc2)[C@]2(C)[C@@H](C)CC[C@]3(CC[C@@H](OC)[C@@H]32)[C@@H](C)C1=O. The molecule has 216 valence electrons. The van der Waals surface area contributed by atoms with Crippen LogP contribution in [0, 0.1) is 40.9 Å². The number of hydrogen-bond donors (Lipinski definition) is 0. The maximum absolute atomic E-state index is 14.2. The Labute approximate surface area is 233 Å². The Hall–Kier alpha value is -2.03. The van der Waals surface area contributed by atoms with Crippen molar-refractivity contribution in [2.45, 2.75) is 90.2 Å². The second kappa shape index (κ2) is 10.7. The van der Waals surface area contributed by atoms with E-state index in [4.69, 9.17) is 13.7 Å². The lowest BCUT2D eigenvalue weighted by Crippen LogP contribution is -2.63. The highest BCUT2D eigenvalue weighted by Crippen LogP contribution is 2.68. The fourth-order valence-electron chi connectivity index (χ4n) is 8.26. The van der Waals surface area contributed by atoms with Crippen LogP contribution in [0.2, 0.25) is 0 Å². The number of rotatable bonds is 8. The molecule has 3 aliphatic carbocycles. The lowest BCUT2D eigenvalue weighted by Gasteiger charge is -2.61. The summed E-state index contributed by atoms with van der Waals surface area (Å²) in [6.07, 6.45) is 5.53. The molecule has 1 aromatic rings. The van der Waals surface area contributed by atoms with Gasteiger partial charge < -0.3 is 9.47 Å². The minimum atomic E-state index is -4.13. The monoisotopic (exact) mass is 560 g/mol. The van der Waals surface area contributed by atoms with Gasteiger partial charge in [0.1, 0.15) is 11.9 Å². The van der Waals surface area contributed by atoms with E-state index in [1.165, 1.54) is 12.1 Å². The summed E-state index contributed by atoms with van der Waals surface area (Å²) in [7, 11) is -2.40. The molecule has 0 unspecified atom stereocenters. The molecule has 2 bridgehead atoms. The maximum atomic E-state index is 14.2. The molecular formula is C31H44O7S. The number of ether oxygens (including phenoxy) is 2. The van der Waals surface area contributed by atoms with E-state index in [1.807, 2.05) is 13.8 Å². The maximum Gasteiger partial charge on any atom is 0.333 e. The molecule has 0 radical (unpaired) electrons. The highest BCUT2D eigenvalue weighted by atomic mass is 32.2. The van der Waals surface area contributed by atoms with Crippen molar-refractivity contribution in [3.8, 4) is 0 Å². The van der Waals surface area contributed by atoms with Gasteiger partial charge in [-0.05, 0) is 68.9 Å². The fraction of sp³-hybridized carbons (Fsp3) is 0.677. The molecule has 39 heavy (non-hydrogen) atoms. The minimum Gasteiger partial charge on any atom is -0.460 e. The van der Waals surface area contributed by atoms with Crippen molar-refractivity contribution in [2.24, 2.45) is 34.0 Å². The van der Waals surface area contributed by atoms with E-state index in [0.29, 0.717) is 12.8 Å². The summed E-state index contributed by atoms with van der Waals surface area (Å²) in [5.41, 5.74) is -0.560. The molecule has 3 aliphatic rings. The summed E-state index contributed by atoms with van der Waals surface area (Å²) in [6.45, 7) is 13.5. The molecule has 0 saturated heterocycles. The van der Waals surface area contributed by atoms with Crippen LogP contribution in [0.15, 0.2) is 41.8 Å². The van der Waals surface area contributed by atoms with E-state index in [9.17, 15) is 18.0 Å². The molecule has 3 saturated carbocycles. The van der Waals surface area contributed by atoms with Gasteiger partial charge in [-0.3, -0.25) is 8.98 Å². The molecular weight excluding hydrogens is 516 g/mol. The lowest BCUT2D eigenvalue weighted by atomic mass is 9.43. The van der Waals surface area contributed by atoms with Gasteiger partial charge in [-0.15, -0.1) is 6.58 Å². The van der Waals surface area contributed by atoms with Crippen molar-refractivity contribution in [2.75, 3.05) is 13.7 Å². The van der Waals surface area contributed by atoms with Crippen molar-refractivity contribution in [3.05, 3.63) is 42.5 Å². The quantitative estimate of drug-likeness (QED) is 0.230. The fourth-order valence-corrected chi connectivity index (χ4v) is 9.11. The van der Waals surface area contributed by atoms with Crippen LogP contribution >= 0.6 is 0 Å². The molecule has 1 aromatic carbocycles. The summed E-state index contributed by atoms with van der Waals surface area (Å²) >= 11 is 0. The third kappa shape index (κ3) is 5.02. The van der Waals surface area contributed by atoms with Crippen molar-refractivity contribution < 1.29 is 31.7 Å². The van der Waals surface area contributed by atoms with E-state index < -0.39 is 39.6 Å². The second-order valence-corrected chi connectivity index (χ2v) is 14.3. The van der Waals surface area contributed by atoms with Gasteiger partial charge in [0.05, 0.1) is 11.0 Å². The molecule has 0 N–H and O–H groups in total. The predicted molar refractivity (Wildman–Crippen MR) is 148 cm³/mol. The number of allylic oxidation sites excluding steroid dienone is 1. The zero-order valence-corrected chi connectivity index (χ0v) is 25.0. The molecule has 3 fully saturated rings. The molecule has 0 aliphatic heterocycles. The van der Waals surface area contributed by atoms with Crippen LogP contribution < -0.4 is 0 Å². The van der Waals surface area contributed by atoms with Crippen LogP contribution in [0.25, 0.3) is 0 Å². The lowest BCUT2D eigenvalue weighted by molar-refractivity contribution is -0.207. The summed E-state index contributed by atoms with van der Waals surface area (Å²) in [4.78, 5) is 27.4. The predicted octanol–water partition coefficient (Wildman–Crippen LogP) is 5.65. The first kappa shape index (κ1) is 29.9. The van der Waals surface area contributed by atoms with E-state index in [2.05, 4.69) is 27.4 Å². The van der Waals surface area contributed by atoms with Crippen molar-refractivity contribution in [1.29, 1.82) is 0 Å². The Morgan fingerprint density at radius 1 is 1.13 bits per heavy atom. The van der Waals surface area contributed by atoms with E-state index >= 15 is 0 Å². The summed E-state index contributed by atoms with van der Waals surface area (Å²) < 4.78 is 42.8. The van der Waals surface area contributed by atoms with Gasteiger partial charge in [0.25, 0.3) is 10.1 Å². The molecule has 0 heterocycles. The number of Topliss-reactive ketones (excluding diaryl/α,β-unsaturated/α-hetero) is 1. The highest BCUT2D eigenvalue weighted by Gasteiger charge is 2.68. The van der Waals surface area contributed by atoms with Crippen LogP contribution in [-0.2, 0) is 33.4 Å². The molecule has 0 spiro atoms. The summed E-state index contributed by atoms with van der Waals surface area (Å²) in [6, 6.07) is 6.25. The number of aryl methyl sites for hydroxylation is 1. The van der Waals surface area contributed by atoms with Crippen LogP contribution in [0.4, 0.5) is 0 Å².